The van der Waals surface area contributed by atoms with Crippen molar-refractivity contribution in [2.24, 2.45) is 0 Å². The zero-order valence-corrected chi connectivity index (χ0v) is 15.9. The van der Waals surface area contributed by atoms with E-state index in [0.717, 1.165) is 38.2 Å². The summed E-state index contributed by atoms with van der Waals surface area (Å²) in [5.74, 6) is -0.224. The van der Waals surface area contributed by atoms with Gasteiger partial charge in [-0.1, -0.05) is 12.1 Å². The van der Waals surface area contributed by atoms with Crippen LogP contribution in [0.4, 0.5) is 4.39 Å². The van der Waals surface area contributed by atoms with Crippen molar-refractivity contribution in [2.75, 3.05) is 53.4 Å². The first-order valence-corrected chi connectivity index (χ1v) is 9.05. The molecule has 1 N–H and O–H groups in total. The van der Waals surface area contributed by atoms with Gasteiger partial charge in [-0.2, -0.15) is 0 Å². The van der Waals surface area contributed by atoms with Crippen molar-refractivity contribution in [3.05, 3.63) is 35.6 Å². The van der Waals surface area contributed by atoms with Gasteiger partial charge >= 0.3 is 0 Å². The number of carbonyl (C=O) groups excluding carboxylic acids is 2. The maximum atomic E-state index is 13.0. The Bertz CT molecular complexity index is 606. The molecule has 0 radical (unpaired) electrons. The highest BCUT2D eigenvalue weighted by Gasteiger charge is 2.20. The molecule has 2 amide bonds. The number of amides is 2. The number of nitrogens with zero attached hydrogens (tertiary/aromatic N) is 3. The normalized spacial score (nSPS) is 17.4. The fourth-order valence-corrected chi connectivity index (χ4v) is 3.00. The number of carbonyl (C=O) groups is 2. The minimum atomic E-state index is -0.283. The molecule has 1 aliphatic rings. The Morgan fingerprint density at radius 1 is 1.08 bits per heavy atom. The number of halogens is 1. The minimum absolute atomic E-state index is 0.0420. The molecule has 1 fully saturated rings. The Kier molecular flexibility index (Phi) is 7.53. The third kappa shape index (κ3) is 6.38. The van der Waals surface area contributed by atoms with Gasteiger partial charge in [0.1, 0.15) is 5.82 Å². The zero-order valence-electron chi connectivity index (χ0n) is 15.9. The van der Waals surface area contributed by atoms with Gasteiger partial charge < -0.3 is 10.2 Å². The summed E-state index contributed by atoms with van der Waals surface area (Å²) >= 11 is 0. The van der Waals surface area contributed by atoms with Gasteiger partial charge in [0, 0.05) is 27.2 Å². The average Bonchev–Trinajstić information content (AvgIpc) is 2.80. The predicted molar refractivity (Wildman–Crippen MR) is 99.1 cm³/mol. The van der Waals surface area contributed by atoms with Crippen molar-refractivity contribution >= 4 is 11.8 Å². The highest BCUT2D eigenvalue weighted by atomic mass is 19.1. The summed E-state index contributed by atoms with van der Waals surface area (Å²) in [5, 5.41) is 2.96. The van der Waals surface area contributed by atoms with E-state index >= 15 is 0 Å². The number of benzene rings is 1. The molecule has 1 aromatic rings. The Labute approximate surface area is 154 Å². The van der Waals surface area contributed by atoms with E-state index < -0.39 is 0 Å². The van der Waals surface area contributed by atoms with Gasteiger partial charge in [-0.3, -0.25) is 19.4 Å². The van der Waals surface area contributed by atoms with Gasteiger partial charge in [-0.25, -0.2) is 4.39 Å². The molecule has 0 saturated carbocycles. The summed E-state index contributed by atoms with van der Waals surface area (Å²) in [6.07, 6.45) is 0.932. The molecule has 1 saturated heterocycles. The molecule has 1 aliphatic heterocycles. The quantitative estimate of drug-likeness (QED) is 0.821. The first-order valence-electron chi connectivity index (χ1n) is 9.05. The lowest BCUT2D eigenvalue weighted by Gasteiger charge is -2.23. The van der Waals surface area contributed by atoms with Crippen LogP contribution >= 0.6 is 0 Å². The van der Waals surface area contributed by atoms with E-state index in [-0.39, 0.29) is 23.7 Å². The number of rotatable bonds is 6. The first-order chi connectivity index (χ1) is 12.3. The second-order valence-electron chi connectivity index (χ2n) is 7.03. The second kappa shape index (κ2) is 9.64. The van der Waals surface area contributed by atoms with Gasteiger partial charge in [0.05, 0.1) is 19.1 Å². The van der Waals surface area contributed by atoms with Crippen molar-refractivity contribution in [3.63, 3.8) is 0 Å². The molecule has 1 aromatic carbocycles. The van der Waals surface area contributed by atoms with Crippen molar-refractivity contribution < 1.29 is 14.0 Å². The van der Waals surface area contributed by atoms with Gasteiger partial charge in [0.15, 0.2) is 0 Å². The molecular weight excluding hydrogens is 335 g/mol. The standard InChI is InChI=1S/C19H29FN4O2/c1-15(16-5-7-17(20)8-6-16)21-18(25)13-23-9-4-10-24(12-11-23)14-19(26)22(2)3/h5-8,15H,4,9-14H2,1-3H3,(H,21,25). The smallest absolute Gasteiger partial charge is 0.236 e. The summed E-state index contributed by atoms with van der Waals surface area (Å²) in [5.41, 5.74) is 0.879. The minimum Gasteiger partial charge on any atom is -0.348 e. The summed E-state index contributed by atoms with van der Waals surface area (Å²) in [7, 11) is 3.53. The van der Waals surface area contributed by atoms with Crippen LogP contribution in [0.5, 0.6) is 0 Å². The monoisotopic (exact) mass is 364 g/mol. The maximum Gasteiger partial charge on any atom is 0.236 e. The lowest BCUT2D eigenvalue weighted by Crippen LogP contribution is -2.41. The predicted octanol–water partition coefficient (Wildman–Crippen LogP) is 1.10. The van der Waals surface area contributed by atoms with E-state index in [9.17, 15) is 14.0 Å². The molecular formula is C19H29FN4O2. The van der Waals surface area contributed by atoms with E-state index in [1.54, 1.807) is 31.1 Å². The number of hydrogen-bond donors (Lipinski definition) is 1. The fraction of sp³-hybridized carbons (Fsp3) is 0.579. The molecule has 0 aromatic heterocycles. The van der Waals surface area contributed by atoms with E-state index in [2.05, 4.69) is 15.1 Å². The second-order valence-corrected chi connectivity index (χ2v) is 7.03. The summed E-state index contributed by atoms with van der Waals surface area (Å²) in [6.45, 7) is 5.89. The van der Waals surface area contributed by atoms with Crippen LogP contribution in [0.2, 0.25) is 0 Å². The fourth-order valence-electron chi connectivity index (χ4n) is 3.00. The Balaban J connectivity index is 1.78. The molecule has 0 bridgehead atoms. The molecule has 26 heavy (non-hydrogen) atoms. The zero-order chi connectivity index (χ0) is 19.1. The number of nitrogens with one attached hydrogen (secondary N) is 1. The van der Waals surface area contributed by atoms with E-state index in [1.807, 2.05) is 6.92 Å². The van der Waals surface area contributed by atoms with Crippen molar-refractivity contribution in [2.45, 2.75) is 19.4 Å². The van der Waals surface area contributed by atoms with Crippen LogP contribution in [0.3, 0.4) is 0 Å². The largest absolute Gasteiger partial charge is 0.348 e. The van der Waals surface area contributed by atoms with E-state index in [1.165, 1.54) is 12.1 Å². The third-order valence-electron chi connectivity index (χ3n) is 4.65. The molecule has 0 spiro atoms. The van der Waals surface area contributed by atoms with Crippen LogP contribution in [0.25, 0.3) is 0 Å². The van der Waals surface area contributed by atoms with Gasteiger partial charge in [0.2, 0.25) is 11.8 Å². The summed E-state index contributed by atoms with van der Waals surface area (Å²) in [6, 6.07) is 6.01. The van der Waals surface area contributed by atoms with Crippen LogP contribution < -0.4 is 5.32 Å². The van der Waals surface area contributed by atoms with Crippen LogP contribution in [-0.4, -0.2) is 79.9 Å². The van der Waals surface area contributed by atoms with Gasteiger partial charge in [-0.15, -0.1) is 0 Å². The van der Waals surface area contributed by atoms with Crippen molar-refractivity contribution in [3.8, 4) is 0 Å². The Morgan fingerprint density at radius 3 is 2.23 bits per heavy atom. The lowest BCUT2D eigenvalue weighted by atomic mass is 10.1. The van der Waals surface area contributed by atoms with Crippen molar-refractivity contribution in [1.82, 2.24) is 20.0 Å². The topological polar surface area (TPSA) is 55.9 Å². The Morgan fingerprint density at radius 2 is 1.65 bits per heavy atom. The Hall–Kier alpha value is -1.99. The summed E-state index contributed by atoms with van der Waals surface area (Å²) < 4.78 is 13.0. The molecule has 1 atom stereocenters. The molecule has 1 heterocycles. The molecule has 2 rings (SSSR count). The first kappa shape index (κ1) is 20.3. The van der Waals surface area contributed by atoms with Crippen LogP contribution in [0.15, 0.2) is 24.3 Å². The molecule has 7 heteroatoms. The highest BCUT2D eigenvalue weighted by Crippen LogP contribution is 2.13. The molecule has 6 nitrogen and oxygen atoms in total. The van der Waals surface area contributed by atoms with Crippen LogP contribution in [-0.2, 0) is 9.59 Å². The average molecular weight is 364 g/mol. The van der Waals surface area contributed by atoms with E-state index in [4.69, 9.17) is 0 Å². The SMILES string of the molecule is CC(NC(=O)CN1CCCN(CC(=O)N(C)C)CC1)c1ccc(F)cc1. The number of likely N-dealkylation sites (N-methyl/N-ethyl adjacent to an activating group) is 1. The van der Waals surface area contributed by atoms with E-state index in [0.29, 0.717) is 13.1 Å². The molecule has 144 valence electrons. The summed E-state index contributed by atoms with van der Waals surface area (Å²) in [4.78, 5) is 30.0. The van der Waals surface area contributed by atoms with Crippen molar-refractivity contribution in [1.29, 1.82) is 0 Å². The maximum absolute atomic E-state index is 13.0. The van der Waals surface area contributed by atoms with Gasteiger partial charge in [-0.05, 0) is 44.1 Å². The van der Waals surface area contributed by atoms with Gasteiger partial charge in [0.25, 0.3) is 0 Å². The molecule has 0 aliphatic carbocycles. The highest BCUT2D eigenvalue weighted by molar-refractivity contribution is 5.78. The molecule has 1 unspecified atom stereocenters. The third-order valence-corrected chi connectivity index (χ3v) is 4.65. The van der Waals surface area contributed by atoms with Crippen LogP contribution in [0.1, 0.15) is 24.9 Å². The van der Waals surface area contributed by atoms with Crippen LogP contribution in [0, 0.1) is 5.82 Å². The lowest BCUT2D eigenvalue weighted by molar-refractivity contribution is -0.130. The number of hydrogen-bond acceptors (Lipinski definition) is 4.